The average Bonchev–Trinajstić information content (AvgIpc) is 2.27. The Bertz CT molecular complexity index is 426. The number of alkyl halides is 2. The minimum Gasteiger partial charge on any atom is -0.478 e. The lowest BCUT2D eigenvalue weighted by molar-refractivity contribution is 0.0696. The molecule has 0 heterocycles. The number of aliphatic hydroxyl groups excluding tert-OH is 1. The summed E-state index contributed by atoms with van der Waals surface area (Å²) in [7, 11) is 0. The fourth-order valence-electron chi connectivity index (χ4n) is 1.59. The largest absolute Gasteiger partial charge is 0.478 e. The summed E-state index contributed by atoms with van der Waals surface area (Å²) < 4.78 is 38.3. The van der Waals surface area contributed by atoms with Crippen molar-refractivity contribution in [2.75, 3.05) is 24.6 Å². The van der Waals surface area contributed by atoms with Crippen LogP contribution >= 0.6 is 0 Å². The highest BCUT2D eigenvalue weighted by Crippen LogP contribution is 2.25. The van der Waals surface area contributed by atoms with Crippen molar-refractivity contribution in [2.24, 2.45) is 0 Å². The van der Waals surface area contributed by atoms with Gasteiger partial charge in [0.2, 0.25) is 0 Å². The zero-order valence-corrected chi connectivity index (χ0v) is 9.31. The van der Waals surface area contributed by atoms with Crippen molar-refractivity contribution in [3.63, 3.8) is 0 Å². The number of benzene rings is 1. The molecular weight excluding hydrogens is 251 g/mol. The number of para-hydroxylation sites is 1. The zero-order chi connectivity index (χ0) is 13.7. The monoisotopic (exact) mass is 263 g/mol. The van der Waals surface area contributed by atoms with E-state index in [9.17, 15) is 18.0 Å². The van der Waals surface area contributed by atoms with Crippen molar-refractivity contribution < 1.29 is 28.2 Å². The maximum Gasteiger partial charge on any atom is 0.337 e. The molecule has 0 saturated carbocycles. The third-order valence-electron chi connectivity index (χ3n) is 2.26. The van der Waals surface area contributed by atoms with Crippen LogP contribution in [0.25, 0.3) is 0 Å². The molecule has 0 aromatic heterocycles. The van der Waals surface area contributed by atoms with E-state index in [0.29, 0.717) is 0 Å². The summed E-state index contributed by atoms with van der Waals surface area (Å²) in [4.78, 5) is 11.7. The molecule has 0 atom stereocenters. The van der Waals surface area contributed by atoms with Crippen LogP contribution in [0.5, 0.6) is 0 Å². The van der Waals surface area contributed by atoms with Gasteiger partial charge in [-0.3, -0.25) is 0 Å². The summed E-state index contributed by atoms with van der Waals surface area (Å²) in [6, 6.07) is 3.29. The normalized spacial score (nSPS) is 10.7. The summed E-state index contributed by atoms with van der Waals surface area (Å²) in [6.45, 7) is -1.60. The van der Waals surface area contributed by atoms with Gasteiger partial charge < -0.3 is 15.1 Å². The maximum absolute atomic E-state index is 13.6. The van der Waals surface area contributed by atoms with Crippen molar-refractivity contribution >= 4 is 11.7 Å². The van der Waals surface area contributed by atoms with Crippen LogP contribution in [0.1, 0.15) is 10.4 Å². The molecule has 0 unspecified atom stereocenters. The molecule has 0 aliphatic heterocycles. The topological polar surface area (TPSA) is 60.8 Å². The molecule has 0 saturated heterocycles. The third kappa shape index (κ3) is 3.36. The Morgan fingerprint density at radius 2 is 2.06 bits per heavy atom. The summed E-state index contributed by atoms with van der Waals surface area (Å²) in [6.07, 6.45) is -2.77. The van der Waals surface area contributed by atoms with E-state index in [4.69, 9.17) is 10.2 Å². The number of carboxylic acids is 1. The van der Waals surface area contributed by atoms with E-state index in [2.05, 4.69) is 0 Å². The van der Waals surface area contributed by atoms with Crippen LogP contribution in [0.3, 0.4) is 0 Å². The zero-order valence-electron chi connectivity index (χ0n) is 9.31. The molecule has 7 heteroatoms. The Hall–Kier alpha value is -1.76. The van der Waals surface area contributed by atoms with Gasteiger partial charge in [0, 0.05) is 6.54 Å². The van der Waals surface area contributed by atoms with Gasteiger partial charge in [0.1, 0.15) is 5.82 Å². The second kappa shape index (κ2) is 6.25. The molecule has 0 aliphatic carbocycles. The molecule has 0 amide bonds. The van der Waals surface area contributed by atoms with E-state index < -0.39 is 42.6 Å². The molecule has 100 valence electrons. The molecular formula is C11H12F3NO3. The number of aliphatic hydroxyl groups is 1. The minimum absolute atomic E-state index is 0.272. The Morgan fingerprint density at radius 3 is 2.56 bits per heavy atom. The van der Waals surface area contributed by atoms with Gasteiger partial charge in [0.05, 0.1) is 24.4 Å². The summed E-state index contributed by atoms with van der Waals surface area (Å²) in [5.41, 5.74) is -0.844. The van der Waals surface area contributed by atoms with Crippen LogP contribution in [0.4, 0.5) is 18.9 Å². The average molecular weight is 263 g/mol. The number of carbonyl (C=O) groups is 1. The van der Waals surface area contributed by atoms with Crippen molar-refractivity contribution in [3.05, 3.63) is 29.6 Å². The van der Waals surface area contributed by atoms with E-state index in [1.165, 1.54) is 6.07 Å². The summed E-state index contributed by atoms with van der Waals surface area (Å²) >= 11 is 0. The predicted molar refractivity (Wildman–Crippen MR) is 58.7 cm³/mol. The SMILES string of the molecule is O=C(O)c1cccc(F)c1N(CCO)CC(F)F. The lowest BCUT2D eigenvalue weighted by atomic mass is 10.1. The standard InChI is InChI=1S/C11H12F3NO3/c12-8-3-1-2-7(11(17)18)10(8)15(4-5-16)6-9(13)14/h1-3,9,16H,4-6H2,(H,17,18). The van der Waals surface area contributed by atoms with E-state index in [1.54, 1.807) is 0 Å². The third-order valence-corrected chi connectivity index (χ3v) is 2.26. The van der Waals surface area contributed by atoms with E-state index >= 15 is 0 Å². The van der Waals surface area contributed by atoms with Gasteiger partial charge in [-0.1, -0.05) is 6.07 Å². The van der Waals surface area contributed by atoms with Crippen LogP contribution in [-0.2, 0) is 0 Å². The van der Waals surface area contributed by atoms with Crippen molar-refractivity contribution in [1.29, 1.82) is 0 Å². The van der Waals surface area contributed by atoms with Crippen LogP contribution in [0, 0.1) is 5.82 Å². The molecule has 2 N–H and O–H groups in total. The van der Waals surface area contributed by atoms with Crippen molar-refractivity contribution in [2.45, 2.75) is 6.43 Å². The summed E-state index contributed by atoms with van der Waals surface area (Å²) in [5, 5.41) is 17.7. The lowest BCUT2D eigenvalue weighted by Crippen LogP contribution is -2.33. The van der Waals surface area contributed by atoms with Gasteiger partial charge in [-0.15, -0.1) is 0 Å². The van der Waals surface area contributed by atoms with Gasteiger partial charge in [-0.2, -0.15) is 0 Å². The quantitative estimate of drug-likeness (QED) is 0.818. The van der Waals surface area contributed by atoms with Gasteiger partial charge in [-0.05, 0) is 12.1 Å². The highest BCUT2D eigenvalue weighted by atomic mass is 19.3. The van der Waals surface area contributed by atoms with E-state index in [1.807, 2.05) is 0 Å². The molecule has 1 rings (SSSR count). The molecule has 0 bridgehead atoms. The number of hydrogen-bond donors (Lipinski definition) is 2. The Kier molecular flexibility index (Phi) is 4.96. The number of rotatable bonds is 6. The molecule has 0 radical (unpaired) electrons. The molecule has 0 fully saturated rings. The van der Waals surface area contributed by atoms with Crippen LogP contribution in [0.15, 0.2) is 18.2 Å². The Morgan fingerprint density at radius 1 is 1.39 bits per heavy atom. The number of halogens is 3. The highest BCUT2D eigenvalue weighted by Gasteiger charge is 2.22. The smallest absolute Gasteiger partial charge is 0.337 e. The first-order chi connectivity index (χ1) is 8.47. The fourth-order valence-corrected chi connectivity index (χ4v) is 1.59. The lowest BCUT2D eigenvalue weighted by Gasteiger charge is -2.25. The fraction of sp³-hybridized carbons (Fsp3) is 0.364. The number of aromatic carboxylic acids is 1. The predicted octanol–water partition coefficient (Wildman–Crippen LogP) is 1.59. The van der Waals surface area contributed by atoms with Crippen LogP contribution < -0.4 is 4.90 Å². The molecule has 18 heavy (non-hydrogen) atoms. The first-order valence-electron chi connectivity index (χ1n) is 5.13. The highest BCUT2D eigenvalue weighted by molar-refractivity contribution is 5.94. The molecule has 0 spiro atoms. The Balaban J connectivity index is 3.20. The molecule has 4 nitrogen and oxygen atoms in total. The maximum atomic E-state index is 13.6. The number of hydrogen-bond acceptors (Lipinski definition) is 3. The molecule has 0 aliphatic rings. The summed E-state index contributed by atoms with van der Waals surface area (Å²) in [5.74, 6) is -2.33. The second-order valence-corrected chi connectivity index (χ2v) is 3.50. The van der Waals surface area contributed by atoms with Gasteiger partial charge in [-0.25, -0.2) is 18.0 Å². The molecule has 1 aromatic rings. The van der Waals surface area contributed by atoms with E-state index in [0.717, 1.165) is 17.0 Å². The number of anilines is 1. The van der Waals surface area contributed by atoms with E-state index in [-0.39, 0.29) is 6.54 Å². The first kappa shape index (κ1) is 14.3. The van der Waals surface area contributed by atoms with Crippen molar-refractivity contribution in [1.82, 2.24) is 0 Å². The first-order valence-corrected chi connectivity index (χ1v) is 5.13. The minimum atomic E-state index is -2.77. The Labute approximate surface area is 101 Å². The van der Waals surface area contributed by atoms with Gasteiger partial charge in [0.25, 0.3) is 6.43 Å². The number of carboxylic acid groups (broad SMARTS) is 1. The molecule has 1 aromatic carbocycles. The van der Waals surface area contributed by atoms with Gasteiger partial charge in [0.15, 0.2) is 0 Å². The number of nitrogens with zero attached hydrogens (tertiary/aromatic N) is 1. The van der Waals surface area contributed by atoms with Crippen LogP contribution in [-0.4, -0.2) is 42.3 Å². The van der Waals surface area contributed by atoms with Crippen molar-refractivity contribution in [3.8, 4) is 0 Å². The van der Waals surface area contributed by atoms with Gasteiger partial charge >= 0.3 is 5.97 Å². The second-order valence-electron chi connectivity index (χ2n) is 3.50. The van der Waals surface area contributed by atoms with Crippen LogP contribution in [0.2, 0.25) is 0 Å².